The normalized spacial score (nSPS) is 19.5. The van der Waals surface area contributed by atoms with E-state index in [1.807, 2.05) is 0 Å². The molecule has 6 heteroatoms. The lowest BCUT2D eigenvalue weighted by atomic mass is 10.0. The van der Waals surface area contributed by atoms with Crippen molar-refractivity contribution in [2.24, 2.45) is 0 Å². The molecule has 2 rings (SSSR count). The largest absolute Gasteiger partial charge is 0.502 e. The lowest BCUT2D eigenvalue weighted by Crippen LogP contribution is -2.23. The first-order valence-electron chi connectivity index (χ1n) is 5.47. The molecular formula is C11H13FN2O3. The summed E-state index contributed by atoms with van der Waals surface area (Å²) in [6.45, 7) is 0.892. The first-order valence-corrected chi connectivity index (χ1v) is 5.47. The molecule has 1 heterocycles. The fourth-order valence-corrected chi connectivity index (χ4v) is 2.13. The number of nitrogens with one attached hydrogen (secondary N) is 1. The van der Waals surface area contributed by atoms with Gasteiger partial charge < -0.3 is 10.4 Å². The summed E-state index contributed by atoms with van der Waals surface area (Å²) in [5.74, 6) is -1.12. The number of phenols is 1. The summed E-state index contributed by atoms with van der Waals surface area (Å²) in [7, 11) is 0. The van der Waals surface area contributed by atoms with E-state index in [9.17, 15) is 19.6 Å². The van der Waals surface area contributed by atoms with Crippen LogP contribution in [0.1, 0.15) is 18.4 Å². The van der Waals surface area contributed by atoms with Crippen LogP contribution in [0, 0.1) is 15.9 Å². The maximum absolute atomic E-state index is 13.2. The minimum atomic E-state index is -0.774. The monoisotopic (exact) mass is 240 g/mol. The van der Waals surface area contributed by atoms with Crippen LogP contribution in [0.15, 0.2) is 12.1 Å². The van der Waals surface area contributed by atoms with Gasteiger partial charge in [-0.15, -0.1) is 0 Å². The zero-order chi connectivity index (χ0) is 12.4. The number of hydrogen-bond acceptors (Lipinski definition) is 4. The molecule has 0 spiro atoms. The minimum Gasteiger partial charge on any atom is -0.502 e. The van der Waals surface area contributed by atoms with E-state index in [4.69, 9.17) is 0 Å². The number of phenolic OH excluding ortho intramolecular Hbond substituents is 1. The molecule has 1 fully saturated rings. The fourth-order valence-electron chi connectivity index (χ4n) is 2.13. The predicted octanol–water partition coefficient (Wildman–Crippen LogP) is 1.73. The van der Waals surface area contributed by atoms with Crippen molar-refractivity contribution in [2.45, 2.75) is 25.3 Å². The van der Waals surface area contributed by atoms with Crippen molar-refractivity contribution < 1.29 is 14.4 Å². The van der Waals surface area contributed by atoms with Crippen molar-refractivity contribution in [1.82, 2.24) is 5.32 Å². The third-order valence-corrected chi connectivity index (χ3v) is 2.96. The summed E-state index contributed by atoms with van der Waals surface area (Å²) in [5, 5.41) is 23.5. The van der Waals surface area contributed by atoms with E-state index in [-0.39, 0.29) is 11.6 Å². The summed E-state index contributed by atoms with van der Waals surface area (Å²) in [6.07, 6.45) is 2.37. The number of halogens is 1. The number of aromatic hydroxyl groups is 1. The van der Waals surface area contributed by atoms with Gasteiger partial charge in [-0.05, 0) is 31.9 Å². The molecule has 1 aromatic rings. The average molecular weight is 240 g/mol. The average Bonchev–Trinajstić information content (AvgIpc) is 2.75. The van der Waals surface area contributed by atoms with Gasteiger partial charge in [0.1, 0.15) is 5.82 Å². The SMILES string of the molecule is O=[N+]([O-])c1cc(F)cc(CC2CCCN2)c1O. The molecule has 0 aromatic heterocycles. The van der Waals surface area contributed by atoms with Gasteiger partial charge in [-0.1, -0.05) is 0 Å². The molecule has 0 saturated carbocycles. The second kappa shape index (κ2) is 4.67. The maximum Gasteiger partial charge on any atom is 0.313 e. The highest BCUT2D eigenvalue weighted by atomic mass is 19.1. The molecule has 0 aliphatic carbocycles. The van der Waals surface area contributed by atoms with Crippen LogP contribution in [0.3, 0.4) is 0 Å². The Balaban J connectivity index is 2.29. The third-order valence-electron chi connectivity index (χ3n) is 2.96. The van der Waals surface area contributed by atoms with Gasteiger partial charge >= 0.3 is 5.69 Å². The fraction of sp³-hybridized carbons (Fsp3) is 0.455. The Morgan fingerprint density at radius 1 is 1.59 bits per heavy atom. The van der Waals surface area contributed by atoms with Crippen molar-refractivity contribution in [2.75, 3.05) is 6.54 Å². The van der Waals surface area contributed by atoms with Crippen LogP contribution < -0.4 is 5.32 Å². The molecule has 5 nitrogen and oxygen atoms in total. The second-order valence-corrected chi connectivity index (χ2v) is 4.19. The van der Waals surface area contributed by atoms with Crippen molar-refractivity contribution in [3.8, 4) is 5.75 Å². The minimum absolute atomic E-state index is 0.155. The van der Waals surface area contributed by atoms with Gasteiger partial charge in [-0.25, -0.2) is 4.39 Å². The van der Waals surface area contributed by atoms with E-state index in [0.29, 0.717) is 6.42 Å². The Morgan fingerprint density at radius 3 is 2.94 bits per heavy atom. The van der Waals surface area contributed by atoms with Gasteiger partial charge in [0, 0.05) is 11.6 Å². The van der Waals surface area contributed by atoms with Gasteiger partial charge in [0.15, 0.2) is 5.75 Å². The van der Waals surface area contributed by atoms with Gasteiger partial charge in [0.2, 0.25) is 0 Å². The van der Waals surface area contributed by atoms with Crippen molar-refractivity contribution in [1.29, 1.82) is 0 Å². The smallest absolute Gasteiger partial charge is 0.313 e. The Bertz CT molecular complexity index is 445. The van der Waals surface area contributed by atoms with Crippen molar-refractivity contribution in [3.05, 3.63) is 33.6 Å². The molecule has 1 aliphatic rings. The summed E-state index contributed by atoms with van der Waals surface area (Å²) < 4.78 is 13.2. The van der Waals surface area contributed by atoms with Gasteiger partial charge in [-0.2, -0.15) is 0 Å². The molecule has 1 unspecified atom stereocenters. The first kappa shape index (κ1) is 11.8. The number of rotatable bonds is 3. The molecule has 1 aromatic carbocycles. The highest BCUT2D eigenvalue weighted by Crippen LogP contribution is 2.32. The van der Waals surface area contributed by atoms with Crippen LogP contribution in [0.2, 0.25) is 0 Å². The van der Waals surface area contributed by atoms with Crippen molar-refractivity contribution in [3.63, 3.8) is 0 Å². The summed E-state index contributed by atoms with van der Waals surface area (Å²) in [5.41, 5.74) is -0.283. The topological polar surface area (TPSA) is 75.4 Å². The summed E-state index contributed by atoms with van der Waals surface area (Å²) >= 11 is 0. The van der Waals surface area contributed by atoms with Crippen LogP contribution in [0.4, 0.5) is 10.1 Å². The Morgan fingerprint density at radius 2 is 2.35 bits per heavy atom. The van der Waals surface area contributed by atoms with E-state index in [1.54, 1.807) is 0 Å². The number of benzene rings is 1. The molecule has 92 valence electrons. The molecule has 17 heavy (non-hydrogen) atoms. The number of nitrogens with zero attached hydrogens (tertiary/aromatic N) is 1. The molecule has 1 saturated heterocycles. The molecular weight excluding hydrogens is 227 g/mol. The predicted molar refractivity (Wildman–Crippen MR) is 59.4 cm³/mol. The highest BCUT2D eigenvalue weighted by molar-refractivity contribution is 5.51. The molecule has 2 N–H and O–H groups in total. The number of nitro benzene ring substituents is 1. The zero-order valence-corrected chi connectivity index (χ0v) is 9.15. The highest BCUT2D eigenvalue weighted by Gasteiger charge is 2.22. The van der Waals surface area contributed by atoms with E-state index in [0.717, 1.165) is 31.5 Å². The van der Waals surface area contributed by atoms with Crippen LogP contribution in [0.25, 0.3) is 0 Å². The molecule has 1 atom stereocenters. The first-order chi connectivity index (χ1) is 8.08. The quantitative estimate of drug-likeness (QED) is 0.623. The van der Waals surface area contributed by atoms with E-state index in [2.05, 4.69) is 5.32 Å². The Hall–Kier alpha value is -1.69. The lowest BCUT2D eigenvalue weighted by molar-refractivity contribution is -0.386. The van der Waals surface area contributed by atoms with Gasteiger partial charge in [0.25, 0.3) is 0 Å². The number of nitro groups is 1. The van der Waals surface area contributed by atoms with Gasteiger partial charge in [-0.3, -0.25) is 10.1 Å². The molecule has 0 radical (unpaired) electrons. The summed E-state index contributed by atoms with van der Waals surface area (Å²) in [6, 6.07) is 2.05. The van der Waals surface area contributed by atoms with E-state index in [1.165, 1.54) is 0 Å². The Labute approximate surface area is 97.4 Å². The standard InChI is InChI=1S/C11H13FN2O3/c12-8-4-7(5-9-2-1-3-13-9)11(15)10(6-8)14(16)17/h4,6,9,13,15H,1-3,5H2. The van der Waals surface area contributed by atoms with Crippen molar-refractivity contribution >= 4 is 5.69 Å². The van der Waals surface area contributed by atoms with Crippen LogP contribution in [-0.2, 0) is 6.42 Å². The second-order valence-electron chi connectivity index (χ2n) is 4.19. The van der Waals surface area contributed by atoms with Crippen LogP contribution in [0.5, 0.6) is 5.75 Å². The lowest BCUT2D eigenvalue weighted by Gasteiger charge is -2.11. The Kier molecular flexibility index (Phi) is 3.23. The third kappa shape index (κ3) is 2.52. The molecule has 0 amide bonds. The van der Waals surface area contributed by atoms with Crippen LogP contribution in [-0.4, -0.2) is 22.6 Å². The maximum atomic E-state index is 13.2. The summed E-state index contributed by atoms with van der Waals surface area (Å²) in [4.78, 5) is 9.85. The zero-order valence-electron chi connectivity index (χ0n) is 9.15. The van der Waals surface area contributed by atoms with Crippen LogP contribution >= 0.6 is 0 Å². The van der Waals surface area contributed by atoms with E-state index >= 15 is 0 Å². The molecule has 1 aliphatic heterocycles. The molecule has 0 bridgehead atoms. The number of hydrogen-bond donors (Lipinski definition) is 2. The van der Waals surface area contributed by atoms with E-state index < -0.39 is 22.2 Å². The van der Waals surface area contributed by atoms with Gasteiger partial charge in [0.05, 0.1) is 11.0 Å².